The van der Waals surface area contributed by atoms with Crippen LogP contribution in [0.5, 0.6) is 0 Å². The van der Waals surface area contributed by atoms with Gasteiger partial charge >= 0.3 is 0 Å². The molecule has 2 rings (SSSR count). The lowest BCUT2D eigenvalue weighted by Gasteiger charge is -2.08. The van der Waals surface area contributed by atoms with Gasteiger partial charge in [0.05, 0.1) is 127 Å². The fraction of sp³-hybridized carbons (Fsp3) is 0.750. The fourth-order valence-electron chi connectivity index (χ4n) is 2.67. The molecule has 2 aliphatic heterocycles. The Kier molecular flexibility index (Phi) is 22.6. The average molecular weight is 617 g/mol. The van der Waals surface area contributed by atoms with E-state index in [1.54, 1.807) is 47.0 Å². The molecule has 0 saturated carbocycles. The lowest BCUT2D eigenvalue weighted by atomic mass is 10.6. The van der Waals surface area contributed by atoms with Gasteiger partial charge in [-0.1, -0.05) is 47.0 Å². The molecule has 38 heavy (non-hydrogen) atoms. The SMILES string of the molecule is OCCOCCOCCOCCOCC1=CS/C(=C2\SC=C(COCCOCCOCCOCCO)S2)S1. The van der Waals surface area contributed by atoms with Gasteiger partial charge in [-0.15, -0.1) is 0 Å². The summed E-state index contributed by atoms with van der Waals surface area (Å²) in [4.78, 5) is 2.40. The van der Waals surface area contributed by atoms with E-state index in [-0.39, 0.29) is 13.2 Å². The number of hydrogen-bond acceptors (Lipinski definition) is 14. The largest absolute Gasteiger partial charge is 0.394 e. The minimum Gasteiger partial charge on any atom is -0.394 e. The van der Waals surface area contributed by atoms with E-state index < -0.39 is 0 Å². The maximum Gasteiger partial charge on any atom is 0.0785 e. The second-order valence-corrected chi connectivity index (χ2v) is 12.0. The van der Waals surface area contributed by atoms with Crippen molar-refractivity contribution in [1.29, 1.82) is 0 Å². The first-order valence-electron chi connectivity index (χ1n) is 12.5. The summed E-state index contributed by atoms with van der Waals surface area (Å²) in [7, 11) is 0. The minimum atomic E-state index is 0.0305. The van der Waals surface area contributed by atoms with Crippen LogP contribution in [-0.2, 0) is 37.9 Å². The summed E-state index contributed by atoms with van der Waals surface area (Å²) in [5.41, 5.74) is 0. The molecule has 0 spiro atoms. The predicted molar refractivity (Wildman–Crippen MR) is 154 cm³/mol. The summed E-state index contributed by atoms with van der Waals surface area (Å²) in [6, 6.07) is 0. The molecule has 0 saturated heterocycles. The summed E-state index contributed by atoms with van der Waals surface area (Å²) in [6.45, 7) is 8.07. The number of rotatable bonds is 26. The number of thioether (sulfide) groups is 4. The predicted octanol–water partition coefficient (Wildman–Crippen LogP) is 2.87. The summed E-state index contributed by atoms with van der Waals surface area (Å²) in [5, 5.41) is 21.5. The Morgan fingerprint density at radius 3 is 1.03 bits per heavy atom. The standard InChI is InChI=1S/C24H40O10S4/c25-1-3-27-5-7-29-9-11-31-13-15-33-17-21-19-35-23(37-21)24-36-20-22(38-24)18-34-16-14-32-12-10-30-8-6-28-4-2-26/h19-20,25-26H,1-18H2/b24-23-. The molecule has 0 aliphatic carbocycles. The highest BCUT2D eigenvalue weighted by Gasteiger charge is 2.22. The summed E-state index contributed by atoms with van der Waals surface area (Å²) >= 11 is 7.01. The van der Waals surface area contributed by atoms with Gasteiger partial charge in [0.2, 0.25) is 0 Å². The molecule has 0 radical (unpaired) electrons. The van der Waals surface area contributed by atoms with Crippen LogP contribution in [0.3, 0.4) is 0 Å². The molecule has 0 atom stereocenters. The Hall–Kier alpha value is 0.220. The topological polar surface area (TPSA) is 114 Å². The first-order valence-corrected chi connectivity index (χ1v) is 15.9. The van der Waals surface area contributed by atoms with Crippen LogP contribution in [0.15, 0.2) is 29.1 Å². The Balaban J connectivity index is 1.38. The third-order valence-electron chi connectivity index (χ3n) is 4.40. The van der Waals surface area contributed by atoms with Crippen molar-refractivity contribution in [3.8, 4) is 0 Å². The lowest BCUT2D eigenvalue weighted by molar-refractivity contribution is -0.00337. The van der Waals surface area contributed by atoms with E-state index in [2.05, 4.69) is 10.8 Å². The summed E-state index contributed by atoms with van der Waals surface area (Å²) in [5.74, 6) is 0. The van der Waals surface area contributed by atoms with Gasteiger partial charge in [0.15, 0.2) is 0 Å². The maximum absolute atomic E-state index is 8.61. The molecule has 2 N–H and O–H groups in total. The van der Waals surface area contributed by atoms with Crippen LogP contribution in [0.2, 0.25) is 0 Å². The molecule has 0 bridgehead atoms. The van der Waals surface area contributed by atoms with Crippen LogP contribution in [0.4, 0.5) is 0 Å². The van der Waals surface area contributed by atoms with Gasteiger partial charge in [-0.25, -0.2) is 0 Å². The van der Waals surface area contributed by atoms with Crippen molar-refractivity contribution in [2.24, 2.45) is 0 Å². The average Bonchev–Trinajstić information content (AvgIpc) is 3.60. The third-order valence-corrected chi connectivity index (χ3v) is 9.71. The van der Waals surface area contributed by atoms with Crippen molar-refractivity contribution in [2.75, 3.05) is 119 Å². The zero-order valence-electron chi connectivity index (χ0n) is 21.7. The van der Waals surface area contributed by atoms with Gasteiger partial charge < -0.3 is 48.1 Å². The highest BCUT2D eigenvalue weighted by atomic mass is 32.2. The molecule has 0 amide bonds. The molecular weight excluding hydrogens is 577 g/mol. The zero-order chi connectivity index (χ0) is 26.9. The molecule has 0 fully saturated rings. The van der Waals surface area contributed by atoms with Gasteiger partial charge in [-0.05, 0) is 10.8 Å². The molecule has 220 valence electrons. The molecule has 2 heterocycles. The van der Waals surface area contributed by atoms with Crippen LogP contribution in [-0.4, -0.2) is 129 Å². The van der Waals surface area contributed by atoms with E-state index in [1.807, 2.05) is 0 Å². The van der Waals surface area contributed by atoms with Gasteiger partial charge in [-0.3, -0.25) is 0 Å². The fourth-order valence-corrected chi connectivity index (χ4v) is 7.47. The molecule has 0 aromatic heterocycles. The van der Waals surface area contributed by atoms with Crippen molar-refractivity contribution in [3.05, 3.63) is 29.1 Å². The van der Waals surface area contributed by atoms with E-state index in [1.165, 1.54) is 18.3 Å². The number of ether oxygens (including phenoxy) is 8. The van der Waals surface area contributed by atoms with Crippen molar-refractivity contribution in [2.45, 2.75) is 0 Å². The normalized spacial score (nSPS) is 17.4. The quantitative estimate of drug-likeness (QED) is 0.139. The molecule has 14 heteroatoms. The number of hydrogen-bond donors (Lipinski definition) is 2. The summed E-state index contributed by atoms with van der Waals surface area (Å²) in [6.07, 6.45) is 0. The second kappa shape index (κ2) is 25.0. The van der Waals surface area contributed by atoms with Crippen LogP contribution < -0.4 is 0 Å². The molecule has 10 nitrogen and oxygen atoms in total. The van der Waals surface area contributed by atoms with Gasteiger partial charge in [0, 0.05) is 9.81 Å². The van der Waals surface area contributed by atoms with Crippen molar-refractivity contribution in [3.63, 3.8) is 0 Å². The Bertz CT molecular complexity index is 637. The summed E-state index contributed by atoms with van der Waals surface area (Å²) < 4.78 is 46.0. The van der Waals surface area contributed by atoms with E-state index in [0.29, 0.717) is 106 Å². The van der Waals surface area contributed by atoms with Gasteiger partial charge in [-0.2, -0.15) is 0 Å². The Morgan fingerprint density at radius 1 is 0.421 bits per heavy atom. The van der Waals surface area contributed by atoms with E-state index in [9.17, 15) is 0 Å². The van der Waals surface area contributed by atoms with Crippen LogP contribution in [0, 0.1) is 0 Å². The van der Waals surface area contributed by atoms with Crippen molar-refractivity contribution in [1.82, 2.24) is 0 Å². The second-order valence-electron chi connectivity index (χ2n) is 7.41. The lowest BCUT2D eigenvalue weighted by Crippen LogP contribution is -2.12. The van der Waals surface area contributed by atoms with Gasteiger partial charge in [0.25, 0.3) is 0 Å². The van der Waals surface area contributed by atoms with Crippen molar-refractivity contribution >= 4 is 47.0 Å². The van der Waals surface area contributed by atoms with E-state index in [0.717, 1.165) is 0 Å². The number of aliphatic hydroxyl groups excluding tert-OH is 2. The number of aliphatic hydroxyl groups is 2. The highest BCUT2D eigenvalue weighted by Crippen LogP contribution is 2.55. The monoisotopic (exact) mass is 616 g/mol. The molecular formula is C24H40O10S4. The maximum atomic E-state index is 8.61. The van der Waals surface area contributed by atoms with Crippen LogP contribution in [0.25, 0.3) is 0 Å². The first kappa shape index (κ1) is 34.4. The Labute approximate surface area is 242 Å². The van der Waals surface area contributed by atoms with Crippen molar-refractivity contribution < 1.29 is 48.1 Å². The molecule has 0 aromatic rings. The first-order chi connectivity index (χ1) is 18.8. The Morgan fingerprint density at radius 2 is 0.711 bits per heavy atom. The molecule has 0 unspecified atom stereocenters. The third kappa shape index (κ3) is 17.8. The van der Waals surface area contributed by atoms with E-state index >= 15 is 0 Å². The smallest absolute Gasteiger partial charge is 0.0785 e. The van der Waals surface area contributed by atoms with Gasteiger partial charge in [0.1, 0.15) is 0 Å². The zero-order valence-corrected chi connectivity index (χ0v) is 24.9. The molecule has 0 aromatic carbocycles. The van der Waals surface area contributed by atoms with Crippen LogP contribution >= 0.6 is 47.0 Å². The van der Waals surface area contributed by atoms with E-state index in [4.69, 9.17) is 48.1 Å². The minimum absolute atomic E-state index is 0.0305. The van der Waals surface area contributed by atoms with Crippen LogP contribution in [0.1, 0.15) is 0 Å². The highest BCUT2D eigenvalue weighted by molar-refractivity contribution is 8.33. The molecule has 2 aliphatic rings.